The molecule has 3 aromatic rings. The average Bonchev–Trinajstić information content (AvgIpc) is 3.09. The first-order chi connectivity index (χ1) is 11.7. The minimum Gasteiger partial charge on any atom is -0.489 e. The monoisotopic (exact) mass is 321 g/mol. The molecule has 0 amide bonds. The fraction of sp³-hybridized carbons (Fsp3) is 0.300. The summed E-state index contributed by atoms with van der Waals surface area (Å²) in [6.07, 6.45) is 3.15. The van der Waals surface area contributed by atoms with Crippen molar-refractivity contribution in [1.29, 1.82) is 0 Å². The molecule has 0 spiro atoms. The summed E-state index contributed by atoms with van der Waals surface area (Å²) in [5, 5.41) is 8.48. The summed E-state index contributed by atoms with van der Waals surface area (Å²) < 4.78 is 7.73. The summed E-state index contributed by atoms with van der Waals surface area (Å²) in [6.45, 7) is 5.89. The molecule has 0 saturated carbocycles. The molecule has 0 saturated heterocycles. The fourth-order valence-corrected chi connectivity index (χ4v) is 2.43. The highest BCUT2D eigenvalue weighted by Crippen LogP contribution is 2.21. The minimum atomic E-state index is 0.575. The number of nitrogens with zero attached hydrogens (tertiary/aromatic N) is 3. The first kappa shape index (κ1) is 16.2. The van der Waals surface area contributed by atoms with E-state index >= 15 is 0 Å². The van der Waals surface area contributed by atoms with Crippen LogP contribution in [0.25, 0.3) is 11.3 Å². The largest absolute Gasteiger partial charge is 0.489 e. The molecule has 0 aliphatic carbocycles. The Morgan fingerprint density at radius 1 is 1.04 bits per heavy atom. The van der Waals surface area contributed by atoms with E-state index in [1.807, 2.05) is 53.3 Å². The van der Waals surface area contributed by atoms with E-state index in [-0.39, 0.29) is 0 Å². The smallest absolute Gasteiger partial charge is 0.119 e. The maximum absolute atomic E-state index is 5.81. The number of rotatable bonds is 7. The summed E-state index contributed by atoms with van der Waals surface area (Å²) in [4.78, 5) is 0. The zero-order chi connectivity index (χ0) is 16.8. The second kappa shape index (κ2) is 7.77. The van der Waals surface area contributed by atoms with Gasteiger partial charge in [-0.05, 0) is 35.7 Å². The quantitative estimate of drug-likeness (QED) is 0.640. The van der Waals surface area contributed by atoms with Crippen LogP contribution in [0.3, 0.4) is 0 Å². The van der Waals surface area contributed by atoms with Crippen molar-refractivity contribution in [3.63, 3.8) is 0 Å². The van der Waals surface area contributed by atoms with Crippen molar-refractivity contribution in [2.75, 3.05) is 0 Å². The van der Waals surface area contributed by atoms with E-state index in [2.05, 4.69) is 36.3 Å². The highest BCUT2D eigenvalue weighted by atomic mass is 16.5. The number of benzene rings is 2. The third kappa shape index (κ3) is 4.22. The standard InChI is InChI=1S/C20H23N3O/c1-3-16(2)13-23-14-20(21-22-23)18-9-11-19(12-10-18)24-15-17-7-5-4-6-8-17/h4-12,14,16H,3,13,15H2,1-2H3. The molecule has 0 bridgehead atoms. The van der Waals surface area contributed by atoms with Gasteiger partial charge in [0.1, 0.15) is 18.1 Å². The molecule has 1 atom stereocenters. The van der Waals surface area contributed by atoms with Gasteiger partial charge in [-0.2, -0.15) is 0 Å². The van der Waals surface area contributed by atoms with E-state index < -0.39 is 0 Å². The molecule has 24 heavy (non-hydrogen) atoms. The van der Waals surface area contributed by atoms with Crippen LogP contribution in [-0.4, -0.2) is 15.0 Å². The Kier molecular flexibility index (Phi) is 5.26. The van der Waals surface area contributed by atoms with Gasteiger partial charge in [0, 0.05) is 12.1 Å². The summed E-state index contributed by atoms with van der Waals surface area (Å²) in [6, 6.07) is 18.2. The molecule has 1 aromatic heterocycles. The van der Waals surface area contributed by atoms with Crippen LogP contribution in [0.4, 0.5) is 0 Å². The van der Waals surface area contributed by atoms with Crippen LogP contribution in [-0.2, 0) is 13.2 Å². The first-order valence-electron chi connectivity index (χ1n) is 8.42. The molecule has 0 aliphatic heterocycles. The maximum atomic E-state index is 5.81. The van der Waals surface area contributed by atoms with Crippen molar-refractivity contribution in [2.24, 2.45) is 5.92 Å². The molecule has 1 unspecified atom stereocenters. The average molecular weight is 321 g/mol. The van der Waals surface area contributed by atoms with Crippen LogP contribution in [0, 0.1) is 5.92 Å². The van der Waals surface area contributed by atoms with Crippen molar-refractivity contribution in [2.45, 2.75) is 33.4 Å². The SMILES string of the molecule is CCC(C)Cn1cc(-c2ccc(OCc3ccccc3)cc2)nn1. The molecule has 4 nitrogen and oxygen atoms in total. The summed E-state index contributed by atoms with van der Waals surface area (Å²) in [7, 11) is 0. The molecule has 2 aromatic carbocycles. The number of ether oxygens (including phenoxy) is 1. The van der Waals surface area contributed by atoms with Gasteiger partial charge in [-0.1, -0.05) is 55.8 Å². The van der Waals surface area contributed by atoms with E-state index in [4.69, 9.17) is 4.74 Å². The van der Waals surface area contributed by atoms with Crippen LogP contribution in [0.1, 0.15) is 25.8 Å². The van der Waals surface area contributed by atoms with Crippen molar-refractivity contribution in [3.8, 4) is 17.0 Å². The Labute approximate surface area is 143 Å². The number of hydrogen-bond acceptors (Lipinski definition) is 3. The van der Waals surface area contributed by atoms with Gasteiger partial charge >= 0.3 is 0 Å². The molecule has 4 heteroatoms. The van der Waals surface area contributed by atoms with Crippen LogP contribution < -0.4 is 4.74 Å². The van der Waals surface area contributed by atoms with Gasteiger partial charge in [0.15, 0.2) is 0 Å². The first-order valence-corrected chi connectivity index (χ1v) is 8.42. The van der Waals surface area contributed by atoms with Gasteiger partial charge in [0.05, 0.1) is 6.20 Å². The Bertz CT molecular complexity index is 750. The third-order valence-electron chi connectivity index (χ3n) is 4.13. The maximum Gasteiger partial charge on any atom is 0.119 e. The second-order valence-electron chi connectivity index (χ2n) is 6.14. The van der Waals surface area contributed by atoms with Crippen molar-refractivity contribution < 1.29 is 4.74 Å². The fourth-order valence-electron chi connectivity index (χ4n) is 2.43. The van der Waals surface area contributed by atoms with E-state index in [9.17, 15) is 0 Å². The highest BCUT2D eigenvalue weighted by molar-refractivity contribution is 5.58. The van der Waals surface area contributed by atoms with Crippen LogP contribution in [0.2, 0.25) is 0 Å². The molecule has 0 fully saturated rings. The number of aromatic nitrogens is 3. The summed E-state index contributed by atoms with van der Waals surface area (Å²) in [5.41, 5.74) is 3.11. The van der Waals surface area contributed by atoms with E-state index in [1.54, 1.807) is 0 Å². The zero-order valence-corrected chi connectivity index (χ0v) is 14.2. The molecule has 1 heterocycles. The van der Waals surface area contributed by atoms with E-state index in [0.717, 1.165) is 35.5 Å². The Balaban J connectivity index is 1.62. The summed E-state index contributed by atoms with van der Waals surface area (Å²) >= 11 is 0. The zero-order valence-electron chi connectivity index (χ0n) is 14.2. The normalized spacial score (nSPS) is 12.1. The number of hydrogen-bond donors (Lipinski definition) is 0. The van der Waals surface area contributed by atoms with Gasteiger partial charge in [0.25, 0.3) is 0 Å². The molecule has 0 aliphatic rings. The molecular formula is C20H23N3O. The van der Waals surface area contributed by atoms with Crippen molar-refractivity contribution in [1.82, 2.24) is 15.0 Å². The van der Waals surface area contributed by atoms with E-state index in [1.165, 1.54) is 0 Å². The van der Waals surface area contributed by atoms with Gasteiger partial charge < -0.3 is 4.74 Å². The molecule has 3 rings (SSSR count). The van der Waals surface area contributed by atoms with Gasteiger partial charge in [-0.3, -0.25) is 4.68 Å². The van der Waals surface area contributed by atoms with Gasteiger partial charge in [-0.25, -0.2) is 0 Å². The lowest BCUT2D eigenvalue weighted by Crippen LogP contribution is -2.06. The second-order valence-corrected chi connectivity index (χ2v) is 6.14. The molecule has 0 N–H and O–H groups in total. The van der Waals surface area contributed by atoms with Gasteiger partial charge in [-0.15, -0.1) is 5.10 Å². The lowest BCUT2D eigenvalue weighted by molar-refractivity contribution is 0.306. The Morgan fingerprint density at radius 2 is 1.79 bits per heavy atom. The molecule has 124 valence electrons. The van der Waals surface area contributed by atoms with Crippen molar-refractivity contribution in [3.05, 3.63) is 66.4 Å². The highest BCUT2D eigenvalue weighted by Gasteiger charge is 2.07. The lowest BCUT2D eigenvalue weighted by atomic mass is 10.1. The topological polar surface area (TPSA) is 39.9 Å². The Morgan fingerprint density at radius 3 is 2.50 bits per heavy atom. The molecule has 0 radical (unpaired) electrons. The lowest BCUT2D eigenvalue weighted by Gasteiger charge is -2.07. The van der Waals surface area contributed by atoms with E-state index in [0.29, 0.717) is 12.5 Å². The van der Waals surface area contributed by atoms with Crippen LogP contribution >= 0.6 is 0 Å². The summed E-state index contributed by atoms with van der Waals surface area (Å²) in [5.74, 6) is 1.46. The Hall–Kier alpha value is -2.62. The van der Waals surface area contributed by atoms with Crippen molar-refractivity contribution >= 4 is 0 Å². The molecular weight excluding hydrogens is 298 g/mol. The predicted octanol–water partition coefficient (Wildman–Crippen LogP) is 4.57. The predicted molar refractivity (Wildman–Crippen MR) is 95.7 cm³/mol. The van der Waals surface area contributed by atoms with Crippen LogP contribution in [0.15, 0.2) is 60.8 Å². The van der Waals surface area contributed by atoms with Gasteiger partial charge in [0.2, 0.25) is 0 Å². The minimum absolute atomic E-state index is 0.575. The third-order valence-corrected chi connectivity index (χ3v) is 4.13. The van der Waals surface area contributed by atoms with Crippen LogP contribution in [0.5, 0.6) is 5.75 Å².